The average molecular weight is 389 g/mol. The number of fused-ring (bicyclic) bond motifs is 1. The van der Waals surface area contributed by atoms with Crippen molar-refractivity contribution in [2.24, 2.45) is 0 Å². The fourth-order valence-corrected chi connectivity index (χ4v) is 3.61. The molecule has 4 nitrogen and oxygen atoms in total. The summed E-state index contributed by atoms with van der Waals surface area (Å²) in [6, 6.07) is 24.4. The van der Waals surface area contributed by atoms with Gasteiger partial charge in [-0.05, 0) is 57.8 Å². The second-order valence-corrected chi connectivity index (χ2v) is 6.91. The molecule has 0 aliphatic heterocycles. The number of rotatable bonds is 3. The third kappa shape index (κ3) is 3.31. The molecule has 0 fully saturated rings. The lowest BCUT2D eigenvalue weighted by Crippen LogP contribution is -2.20. The quantitative estimate of drug-likeness (QED) is 0.202. The van der Waals surface area contributed by atoms with Gasteiger partial charge in [-0.15, -0.1) is 0 Å². The van der Waals surface area contributed by atoms with Gasteiger partial charge in [0.15, 0.2) is 0 Å². The van der Waals surface area contributed by atoms with Crippen LogP contribution < -0.4 is 5.48 Å². The van der Waals surface area contributed by atoms with E-state index in [0.29, 0.717) is 10.6 Å². The predicted octanol–water partition coefficient (Wildman–Crippen LogP) is 5.84. The smallest absolute Gasteiger partial charge is 0.150 e. The molecule has 4 rings (SSSR count). The van der Waals surface area contributed by atoms with Crippen molar-refractivity contribution in [2.75, 3.05) is 0 Å². The molecule has 0 unspecified atom stereocenters. The monoisotopic (exact) mass is 388 g/mol. The van der Waals surface area contributed by atoms with Gasteiger partial charge < -0.3 is 5.11 Å². The summed E-state index contributed by atoms with van der Waals surface area (Å²) in [6.45, 7) is 0. The van der Waals surface area contributed by atoms with E-state index in [0.717, 1.165) is 33.0 Å². The van der Waals surface area contributed by atoms with Gasteiger partial charge in [-0.25, -0.2) is 0 Å². The van der Waals surface area contributed by atoms with Crippen molar-refractivity contribution < 1.29 is 10.3 Å². The summed E-state index contributed by atoms with van der Waals surface area (Å²) in [5, 5.41) is 29.8. The fourth-order valence-electron chi connectivity index (χ4n) is 3.39. The molecule has 0 heterocycles. The number of nitrogens with one attached hydrogen (secondary N) is 2. The van der Waals surface area contributed by atoms with Crippen LogP contribution in [0.2, 0.25) is 5.02 Å². The topological polar surface area (TPSA) is 76.3 Å². The van der Waals surface area contributed by atoms with E-state index in [4.69, 9.17) is 17.0 Å². The molecule has 4 N–H and O–H groups in total. The predicted molar refractivity (Wildman–Crippen MR) is 113 cm³/mol. The van der Waals surface area contributed by atoms with E-state index in [1.165, 1.54) is 0 Å². The minimum Gasteiger partial charge on any atom is -0.508 e. The van der Waals surface area contributed by atoms with Gasteiger partial charge in [-0.1, -0.05) is 60.1 Å². The molecule has 0 bridgehead atoms. The second-order valence-electron chi connectivity index (χ2n) is 6.47. The van der Waals surface area contributed by atoms with E-state index in [-0.39, 0.29) is 11.6 Å². The third-order valence-electron chi connectivity index (χ3n) is 4.70. The maximum absolute atomic E-state index is 9.64. The van der Waals surface area contributed by atoms with Crippen LogP contribution in [0.3, 0.4) is 0 Å². The van der Waals surface area contributed by atoms with Crippen LogP contribution in [0.5, 0.6) is 5.75 Å². The summed E-state index contributed by atoms with van der Waals surface area (Å²) in [4.78, 5) is 0. The Labute approximate surface area is 167 Å². The molecule has 28 heavy (non-hydrogen) atoms. The molecule has 138 valence electrons. The van der Waals surface area contributed by atoms with Crippen molar-refractivity contribution in [1.29, 1.82) is 5.41 Å². The van der Waals surface area contributed by atoms with Crippen molar-refractivity contribution in [3.05, 3.63) is 89.4 Å². The molecule has 4 aromatic carbocycles. The molecule has 0 saturated heterocycles. The highest BCUT2D eigenvalue weighted by Crippen LogP contribution is 2.39. The zero-order chi connectivity index (χ0) is 19.7. The Morgan fingerprint density at radius 1 is 0.821 bits per heavy atom. The van der Waals surface area contributed by atoms with E-state index in [9.17, 15) is 10.3 Å². The first-order valence-electron chi connectivity index (χ1n) is 8.68. The molecule has 0 aromatic heterocycles. The van der Waals surface area contributed by atoms with E-state index < -0.39 is 0 Å². The molecular weight excluding hydrogens is 372 g/mol. The number of amidine groups is 1. The summed E-state index contributed by atoms with van der Waals surface area (Å²) in [5.74, 6) is 0.0220. The van der Waals surface area contributed by atoms with Crippen molar-refractivity contribution in [2.45, 2.75) is 0 Å². The number of phenols is 1. The third-order valence-corrected chi connectivity index (χ3v) is 4.92. The SMILES string of the molecule is N=C(NO)c1cc(Cl)cc(-c2ccc(O)cc2)c1-c1ccc2ccccc2c1. The molecule has 0 aliphatic rings. The van der Waals surface area contributed by atoms with Crippen molar-refractivity contribution in [3.8, 4) is 28.0 Å². The summed E-state index contributed by atoms with van der Waals surface area (Å²) < 4.78 is 0. The highest BCUT2D eigenvalue weighted by molar-refractivity contribution is 6.31. The number of aromatic hydroxyl groups is 1. The van der Waals surface area contributed by atoms with Crippen LogP contribution in [0.4, 0.5) is 0 Å². The first-order valence-corrected chi connectivity index (χ1v) is 9.06. The van der Waals surface area contributed by atoms with Crippen LogP contribution in [0.1, 0.15) is 5.56 Å². The van der Waals surface area contributed by atoms with Crippen LogP contribution in [-0.2, 0) is 0 Å². The zero-order valence-corrected chi connectivity index (χ0v) is 15.5. The Hall–Kier alpha value is -3.34. The second kappa shape index (κ2) is 7.35. The standard InChI is InChI=1S/C23H17ClN2O2/c24-18-12-20(15-7-9-19(27)10-8-15)22(21(13-18)23(25)26-28)17-6-5-14-3-1-2-4-16(14)11-17/h1-13,27-28H,(H2,25,26). The van der Waals surface area contributed by atoms with E-state index in [1.807, 2.05) is 47.9 Å². The van der Waals surface area contributed by atoms with Crippen LogP contribution in [0.15, 0.2) is 78.9 Å². The molecular formula is C23H17ClN2O2. The summed E-state index contributed by atoms with van der Waals surface area (Å²) >= 11 is 6.33. The van der Waals surface area contributed by atoms with Gasteiger partial charge in [0.25, 0.3) is 0 Å². The van der Waals surface area contributed by atoms with Crippen molar-refractivity contribution >= 4 is 28.2 Å². The van der Waals surface area contributed by atoms with Crippen molar-refractivity contribution in [1.82, 2.24) is 5.48 Å². The Bertz CT molecular complexity index is 1190. The molecule has 0 radical (unpaired) electrons. The Morgan fingerprint density at radius 2 is 1.50 bits per heavy atom. The van der Waals surface area contributed by atoms with Crippen molar-refractivity contribution in [3.63, 3.8) is 0 Å². The summed E-state index contributed by atoms with van der Waals surface area (Å²) in [6.07, 6.45) is 0. The molecule has 0 atom stereocenters. The number of phenolic OH excluding ortho intramolecular Hbond substituents is 1. The normalized spacial score (nSPS) is 10.8. The average Bonchev–Trinajstić information content (AvgIpc) is 2.72. The number of hydroxylamine groups is 1. The van der Waals surface area contributed by atoms with Crippen LogP contribution in [-0.4, -0.2) is 16.1 Å². The van der Waals surface area contributed by atoms with Gasteiger partial charge in [0.1, 0.15) is 11.6 Å². The zero-order valence-electron chi connectivity index (χ0n) is 14.8. The molecule has 4 aromatic rings. The molecule has 0 spiro atoms. The maximum Gasteiger partial charge on any atom is 0.150 e. The molecule has 0 saturated carbocycles. The Kier molecular flexibility index (Phi) is 4.74. The van der Waals surface area contributed by atoms with Gasteiger partial charge in [0.05, 0.1) is 0 Å². The Balaban J connectivity index is 2.04. The van der Waals surface area contributed by atoms with Gasteiger partial charge in [0, 0.05) is 16.1 Å². The van der Waals surface area contributed by atoms with Gasteiger partial charge in [0.2, 0.25) is 0 Å². The number of hydrogen-bond acceptors (Lipinski definition) is 3. The number of benzene rings is 4. The first-order chi connectivity index (χ1) is 13.6. The first kappa shape index (κ1) is 18.0. The lowest BCUT2D eigenvalue weighted by atomic mass is 9.89. The van der Waals surface area contributed by atoms with E-state index >= 15 is 0 Å². The lowest BCUT2D eigenvalue weighted by molar-refractivity contribution is 0.234. The minimum absolute atomic E-state index is 0.148. The molecule has 5 heteroatoms. The maximum atomic E-state index is 9.64. The largest absolute Gasteiger partial charge is 0.508 e. The number of halogens is 1. The Morgan fingerprint density at radius 3 is 2.21 bits per heavy atom. The fraction of sp³-hybridized carbons (Fsp3) is 0. The summed E-state index contributed by atoms with van der Waals surface area (Å²) in [5.41, 5.74) is 5.72. The van der Waals surface area contributed by atoms with Crippen LogP contribution in [0, 0.1) is 5.41 Å². The van der Waals surface area contributed by atoms with Crippen LogP contribution >= 0.6 is 11.6 Å². The van der Waals surface area contributed by atoms with E-state index in [2.05, 4.69) is 6.07 Å². The van der Waals surface area contributed by atoms with Crippen LogP contribution in [0.25, 0.3) is 33.0 Å². The minimum atomic E-state index is -0.148. The number of hydrogen-bond donors (Lipinski definition) is 4. The molecule has 0 aliphatic carbocycles. The van der Waals surface area contributed by atoms with Gasteiger partial charge in [-0.3, -0.25) is 16.1 Å². The van der Waals surface area contributed by atoms with Gasteiger partial charge in [-0.2, -0.15) is 0 Å². The van der Waals surface area contributed by atoms with Gasteiger partial charge >= 0.3 is 0 Å². The highest BCUT2D eigenvalue weighted by Gasteiger charge is 2.17. The molecule has 0 amide bonds. The summed E-state index contributed by atoms with van der Waals surface area (Å²) in [7, 11) is 0. The van der Waals surface area contributed by atoms with E-state index in [1.54, 1.807) is 30.3 Å². The highest BCUT2D eigenvalue weighted by atomic mass is 35.5. The lowest BCUT2D eigenvalue weighted by Gasteiger charge is -2.17.